The molecule has 0 bridgehead atoms. The van der Waals surface area contributed by atoms with Gasteiger partial charge in [0.15, 0.2) is 0 Å². The summed E-state index contributed by atoms with van der Waals surface area (Å²) >= 11 is 0. The van der Waals surface area contributed by atoms with Crippen LogP contribution in [0.2, 0.25) is 0 Å². The zero-order valence-electron chi connectivity index (χ0n) is 10.6. The highest BCUT2D eigenvalue weighted by atomic mass is 16.6. The fourth-order valence-corrected chi connectivity index (χ4v) is 1.80. The molecule has 3 nitrogen and oxygen atoms in total. The van der Waals surface area contributed by atoms with Gasteiger partial charge in [-0.05, 0) is 12.0 Å². The van der Waals surface area contributed by atoms with Gasteiger partial charge in [0.2, 0.25) is 0 Å². The first-order chi connectivity index (χ1) is 8.90. The predicted molar refractivity (Wildman–Crippen MR) is 70.4 cm³/mol. The van der Waals surface area contributed by atoms with Gasteiger partial charge in [0.1, 0.15) is 6.10 Å². The highest BCUT2D eigenvalue weighted by molar-refractivity contribution is 5.13. The Morgan fingerprint density at radius 3 is 2.83 bits per heavy atom. The van der Waals surface area contributed by atoms with E-state index in [2.05, 4.69) is 18.7 Å². The summed E-state index contributed by atoms with van der Waals surface area (Å²) in [5.41, 5.74) is 1.20. The van der Waals surface area contributed by atoms with E-state index in [1.165, 1.54) is 5.56 Å². The Morgan fingerprint density at radius 1 is 1.39 bits per heavy atom. The first kappa shape index (κ1) is 13.3. The topological polar surface area (TPSA) is 31.0 Å². The normalized spacial score (nSPS) is 19.4. The molecule has 1 heterocycles. The Kier molecular flexibility index (Phi) is 5.39. The summed E-state index contributed by atoms with van der Waals surface area (Å²) in [4.78, 5) is 0. The molecule has 2 atom stereocenters. The van der Waals surface area contributed by atoms with Gasteiger partial charge in [-0.2, -0.15) is 0 Å². The molecule has 1 fully saturated rings. The molecule has 0 spiro atoms. The van der Waals surface area contributed by atoms with E-state index in [4.69, 9.17) is 14.2 Å². The lowest BCUT2D eigenvalue weighted by atomic mass is 10.2. The summed E-state index contributed by atoms with van der Waals surface area (Å²) in [5.74, 6) is 0. The van der Waals surface area contributed by atoms with Gasteiger partial charge in [-0.25, -0.2) is 0 Å². The highest BCUT2D eigenvalue weighted by Gasteiger charge is 2.32. The van der Waals surface area contributed by atoms with Gasteiger partial charge in [-0.15, -0.1) is 6.58 Å². The highest BCUT2D eigenvalue weighted by Crippen LogP contribution is 2.20. The number of benzene rings is 1. The summed E-state index contributed by atoms with van der Waals surface area (Å²) < 4.78 is 16.6. The minimum Gasteiger partial charge on any atom is -0.377 e. The largest absolute Gasteiger partial charge is 0.377 e. The zero-order valence-corrected chi connectivity index (χ0v) is 10.6. The molecule has 0 amide bonds. The molecule has 1 saturated heterocycles. The van der Waals surface area contributed by atoms with Crippen molar-refractivity contribution < 1.29 is 14.2 Å². The summed E-state index contributed by atoms with van der Waals surface area (Å²) in [5, 5.41) is 0. The van der Waals surface area contributed by atoms with Crippen molar-refractivity contribution in [3.8, 4) is 0 Å². The van der Waals surface area contributed by atoms with Gasteiger partial charge in [0, 0.05) is 6.61 Å². The van der Waals surface area contributed by atoms with Gasteiger partial charge in [0.25, 0.3) is 0 Å². The number of epoxide rings is 1. The Bertz CT molecular complexity index is 346. The SMILES string of the molecule is C=CCO[C@H](CCOCc1ccccc1)[C@@H]1CO1. The van der Waals surface area contributed by atoms with Crippen molar-refractivity contribution in [1.29, 1.82) is 0 Å². The van der Waals surface area contributed by atoms with Crippen LogP contribution < -0.4 is 0 Å². The van der Waals surface area contributed by atoms with E-state index >= 15 is 0 Å². The molecule has 0 radical (unpaired) electrons. The molecular weight excluding hydrogens is 228 g/mol. The van der Waals surface area contributed by atoms with Crippen molar-refractivity contribution in [3.63, 3.8) is 0 Å². The number of hydrogen-bond acceptors (Lipinski definition) is 3. The van der Waals surface area contributed by atoms with Crippen LogP contribution in [0.15, 0.2) is 43.0 Å². The smallest absolute Gasteiger partial charge is 0.107 e. The third kappa shape index (κ3) is 4.61. The van der Waals surface area contributed by atoms with Crippen molar-refractivity contribution in [2.24, 2.45) is 0 Å². The van der Waals surface area contributed by atoms with Gasteiger partial charge in [-0.3, -0.25) is 0 Å². The zero-order chi connectivity index (χ0) is 12.6. The van der Waals surface area contributed by atoms with E-state index in [1.807, 2.05) is 18.2 Å². The molecule has 0 N–H and O–H groups in total. The van der Waals surface area contributed by atoms with Crippen LogP contribution in [0.1, 0.15) is 12.0 Å². The quantitative estimate of drug-likeness (QED) is 0.382. The number of hydrogen-bond donors (Lipinski definition) is 0. The maximum absolute atomic E-state index is 5.65. The van der Waals surface area contributed by atoms with Crippen LogP contribution in [-0.4, -0.2) is 32.0 Å². The van der Waals surface area contributed by atoms with Gasteiger partial charge < -0.3 is 14.2 Å². The average molecular weight is 248 g/mol. The second-order valence-electron chi connectivity index (χ2n) is 4.36. The molecule has 0 unspecified atom stereocenters. The molecule has 2 rings (SSSR count). The van der Waals surface area contributed by atoms with E-state index in [0.717, 1.165) is 13.0 Å². The summed E-state index contributed by atoms with van der Waals surface area (Å²) in [7, 11) is 0. The molecule has 0 aliphatic carbocycles. The monoisotopic (exact) mass is 248 g/mol. The summed E-state index contributed by atoms with van der Waals surface area (Å²) in [6, 6.07) is 10.2. The molecule has 1 aliphatic heterocycles. The maximum atomic E-state index is 5.65. The summed E-state index contributed by atoms with van der Waals surface area (Å²) in [6.07, 6.45) is 3.02. The Hall–Kier alpha value is -1.16. The van der Waals surface area contributed by atoms with Crippen molar-refractivity contribution in [3.05, 3.63) is 48.6 Å². The fourth-order valence-electron chi connectivity index (χ4n) is 1.80. The van der Waals surface area contributed by atoms with E-state index in [1.54, 1.807) is 6.08 Å². The standard InChI is InChI=1S/C15H20O3/c1-2-9-17-14(15-12-18-15)8-10-16-11-13-6-4-3-5-7-13/h2-7,14-15H,1,8-12H2/t14-,15+/m1/s1. The third-order valence-electron chi connectivity index (χ3n) is 2.86. The number of ether oxygens (including phenoxy) is 3. The van der Waals surface area contributed by atoms with E-state index in [0.29, 0.717) is 19.8 Å². The predicted octanol–water partition coefficient (Wildman–Crippen LogP) is 2.56. The van der Waals surface area contributed by atoms with Crippen LogP contribution in [0.4, 0.5) is 0 Å². The van der Waals surface area contributed by atoms with Crippen molar-refractivity contribution in [2.75, 3.05) is 19.8 Å². The van der Waals surface area contributed by atoms with E-state index in [9.17, 15) is 0 Å². The fraction of sp³-hybridized carbons (Fsp3) is 0.467. The molecule has 1 aromatic rings. The summed E-state index contributed by atoms with van der Waals surface area (Å²) in [6.45, 7) is 6.37. The second kappa shape index (κ2) is 7.31. The van der Waals surface area contributed by atoms with E-state index in [-0.39, 0.29) is 12.2 Å². The molecule has 3 heteroatoms. The first-order valence-electron chi connectivity index (χ1n) is 6.36. The number of rotatable bonds is 9. The van der Waals surface area contributed by atoms with Crippen molar-refractivity contribution >= 4 is 0 Å². The van der Waals surface area contributed by atoms with Gasteiger partial charge in [0.05, 0.1) is 25.9 Å². The maximum Gasteiger partial charge on any atom is 0.107 e. The molecule has 98 valence electrons. The lowest BCUT2D eigenvalue weighted by Gasteiger charge is -2.14. The molecule has 1 aliphatic rings. The molecule has 1 aromatic carbocycles. The second-order valence-corrected chi connectivity index (χ2v) is 4.36. The van der Waals surface area contributed by atoms with Crippen molar-refractivity contribution in [1.82, 2.24) is 0 Å². The van der Waals surface area contributed by atoms with Crippen LogP contribution in [-0.2, 0) is 20.8 Å². The molecule has 18 heavy (non-hydrogen) atoms. The lowest BCUT2D eigenvalue weighted by molar-refractivity contribution is 0.0159. The molecule has 0 aromatic heterocycles. The van der Waals surface area contributed by atoms with Crippen LogP contribution >= 0.6 is 0 Å². The van der Waals surface area contributed by atoms with E-state index < -0.39 is 0 Å². The van der Waals surface area contributed by atoms with Gasteiger partial charge in [-0.1, -0.05) is 36.4 Å². The minimum absolute atomic E-state index is 0.138. The Morgan fingerprint density at radius 2 is 2.17 bits per heavy atom. The van der Waals surface area contributed by atoms with Crippen LogP contribution in [0.25, 0.3) is 0 Å². The minimum atomic E-state index is 0.138. The van der Waals surface area contributed by atoms with Crippen molar-refractivity contribution in [2.45, 2.75) is 25.2 Å². The Labute approximate surface area is 108 Å². The third-order valence-corrected chi connectivity index (χ3v) is 2.86. The van der Waals surface area contributed by atoms with Crippen LogP contribution in [0, 0.1) is 0 Å². The van der Waals surface area contributed by atoms with Crippen LogP contribution in [0.5, 0.6) is 0 Å². The lowest BCUT2D eigenvalue weighted by Crippen LogP contribution is -2.22. The molecule has 0 saturated carbocycles. The van der Waals surface area contributed by atoms with Gasteiger partial charge >= 0.3 is 0 Å². The first-order valence-corrected chi connectivity index (χ1v) is 6.36. The van der Waals surface area contributed by atoms with Crippen LogP contribution in [0.3, 0.4) is 0 Å². The average Bonchev–Trinajstić information content (AvgIpc) is 3.23. The molecular formula is C15H20O3. The Balaban J connectivity index is 1.62.